The van der Waals surface area contributed by atoms with Crippen molar-refractivity contribution in [1.82, 2.24) is 9.97 Å². The number of halogens is 2. The number of hydrogen-bond acceptors (Lipinski definition) is 7. The zero-order chi connectivity index (χ0) is 21.3. The molecule has 1 saturated carbocycles. The molecule has 0 unspecified atom stereocenters. The lowest BCUT2D eigenvalue weighted by Crippen LogP contribution is -2.39. The van der Waals surface area contributed by atoms with Crippen LogP contribution < -0.4 is 10.5 Å². The molecule has 0 radical (unpaired) electrons. The van der Waals surface area contributed by atoms with Gasteiger partial charge in [-0.2, -0.15) is 0 Å². The standard InChI is InChI=1S/C21H18ClFN4O3/c1-2-5-29-19-10-25-16(9-26-19)17(28)7-12-3-4-15(22)13(6-12)21(11-23)14-8-18(14)30-20(24)27-21/h1,3-4,6,9-10,14,18H,5,7-8,11H2,(H2,24,27)/t14-,18+,21+/m1/s1. The lowest BCUT2D eigenvalue weighted by Gasteiger charge is -2.32. The van der Waals surface area contributed by atoms with Gasteiger partial charge >= 0.3 is 0 Å². The fourth-order valence-corrected chi connectivity index (χ4v) is 3.95. The lowest BCUT2D eigenvalue weighted by atomic mass is 9.84. The molecule has 1 aliphatic carbocycles. The van der Waals surface area contributed by atoms with Crippen molar-refractivity contribution in [2.24, 2.45) is 16.6 Å². The molecule has 1 aromatic carbocycles. The summed E-state index contributed by atoms with van der Waals surface area (Å²) in [5.41, 5.74) is 5.89. The molecule has 3 atom stereocenters. The molecule has 7 nitrogen and oxygen atoms in total. The fourth-order valence-electron chi connectivity index (χ4n) is 3.67. The van der Waals surface area contributed by atoms with Crippen LogP contribution in [0.1, 0.15) is 28.0 Å². The summed E-state index contributed by atoms with van der Waals surface area (Å²) in [5.74, 6) is 2.16. The van der Waals surface area contributed by atoms with Gasteiger partial charge in [0, 0.05) is 22.9 Å². The minimum Gasteiger partial charge on any atom is -0.463 e. The van der Waals surface area contributed by atoms with Crippen molar-refractivity contribution in [2.75, 3.05) is 13.3 Å². The SMILES string of the molecule is C#CCOc1cnc(C(=O)Cc2ccc(Cl)c([C@]3(CF)N=C(N)O[C@H]4C[C@H]43)c2)cn1. The van der Waals surface area contributed by atoms with Gasteiger partial charge in [-0.3, -0.25) is 4.79 Å². The Balaban J connectivity index is 1.57. The number of ether oxygens (including phenoxy) is 2. The number of rotatable bonds is 7. The number of Topliss-reactive ketones (excluding diaryl/α,β-unsaturated/α-hetero) is 1. The summed E-state index contributed by atoms with van der Waals surface area (Å²) in [5, 5.41) is 0.364. The van der Waals surface area contributed by atoms with E-state index in [2.05, 4.69) is 20.9 Å². The average molecular weight is 429 g/mol. The number of aromatic nitrogens is 2. The molecule has 0 saturated heterocycles. The van der Waals surface area contributed by atoms with E-state index >= 15 is 0 Å². The highest BCUT2D eigenvalue weighted by molar-refractivity contribution is 6.31. The maximum absolute atomic E-state index is 14.2. The van der Waals surface area contributed by atoms with Gasteiger partial charge in [0.15, 0.2) is 12.4 Å². The number of ketones is 1. The van der Waals surface area contributed by atoms with Crippen LogP contribution in [0.3, 0.4) is 0 Å². The number of terminal acetylenes is 1. The zero-order valence-electron chi connectivity index (χ0n) is 15.8. The van der Waals surface area contributed by atoms with Crippen LogP contribution in [0.5, 0.6) is 5.88 Å². The van der Waals surface area contributed by atoms with E-state index in [0.29, 0.717) is 22.6 Å². The lowest BCUT2D eigenvalue weighted by molar-refractivity contribution is 0.0987. The third-order valence-electron chi connectivity index (χ3n) is 5.21. The number of carbonyl (C=O) groups is 1. The molecule has 0 spiro atoms. The summed E-state index contributed by atoms with van der Waals surface area (Å²) < 4.78 is 24.8. The third-order valence-corrected chi connectivity index (χ3v) is 5.54. The Bertz CT molecular complexity index is 1050. The number of benzene rings is 1. The average Bonchev–Trinajstić information content (AvgIpc) is 3.53. The van der Waals surface area contributed by atoms with Crippen molar-refractivity contribution in [3.8, 4) is 18.2 Å². The summed E-state index contributed by atoms with van der Waals surface area (Å²) in [6.07, 6.45) is 8.31. The predicted octanol–water partition coefficient (Wildman–Crippen LogP) is 2.47. The maximum Gasteiger partial charge on any atom is 0.283 e. The largest absolute Gasteiger partial charge is 0.463 e. The Labute approximate surface area is 177 Å². The molecule has 0 bridgehead atoms. The summed E-state index contributed by atoms with van der Waals surface area (Å²) in [4.78, 5) is 25.0. The summed E-state index contributed by atoms with van der Waals surface area (Å²) >= 11 is 6.39. The van der Waals surface area contributed by atoms with Crippen LogP contribution in [0.15, 0.2) is 35.6 Å². The molecule has 2 aromatic rings. The second kappa shape index (κ2) is 7.92. The van der Waals surface area contributed by atoms with E-state index in [1.807, 2.05) is 0 Å². The molecule has 0 amide bonds. The first kappa shape index (κ1) is 20.1. The molecule has 1 aliphatic heterocycles. The molecule has 9 heteroatoms. The van der Waals surface area contributed by atoms with Gasteiger partial charge in [-0.25, -0.2) is 19.4 Å². The Morgan fingerprint density at radius 1 is 1.43 bits per heavy atom. The summed E-state index contributed by atoms with van der Waals surface area (Å²) in [6, 6.07) is 5.00. The number of amidine groups is 1. The minimum atomic E-state index is -1.20. The Morgan fingerprint density at radius 2 is 2.27 bits per heavy atom. The van der Waals surface area contributed by atoms with Crippen molar-refractivity contribution >= 4 is 23.4 Å². The first-order valence-electron chi connectivity index (χ1n) is 9.25. The van der Waals surface area contributed by atoms with Crippen molar-refractivity contribution < 1.29 is 18.7 Å². The van der Waals surface area contributed by atoms with E-state index in [0.717, 1.165) is 0 Å². The van der Waals surface area contributed by atoms with Crippen molar-refractivity contribution in [1.29, 1.82) is 0 Å². The number of alkyl halides is 1. The van der Waals surface area contributed by atoms with Crippen LogP contribution in [0, 0.1) is 18.3 Å². The van der Waals surface area contributed by atoms with Crippen molar-refractivity contribution in [2.45, 2.75) is 24.5 Å². The van der Waals surface area contributed by atoms with E-state index in [-0.39, 0.29) is 48.4 Å². The zero-order valence-corrected chi connectivity index (χ0v) is 16.6. The van der Waals surface area contributed by atoms with Gasteiger partial charge in [0.05, 0.1) is 12.4 Å². The highest BCUT2D eigenvalue weighted by Crippen LogP contribution is 2.54. The highest BCUT2D eigenvalue weighted by atomic mass is 35.5. The number of aliphatic imine (C=N–C) groups is 1. The predicted molar refractivity (Wildman–Crippen MR) is 108 cm³/mol. The number of carbonyl (C=O) groups excluding carboxylic acids is 1. The monoisotopic (exact) mass is 428 g/mol. The van der Waals surface area contributed by atoms with Crippen LogP contribution in [0.4, 0.5) is 4.39 Å². The third kappa shape index (κ3) is 3.68. The summed E-state index contributed by atoms with van der Waals surface area (Å²) in [7, 11) is 0. The molecule has 4 rings (SSSR count). The summed E-state index contributed by atoms with van der Waals surface area (Å²) in [6.45, 7) is -0.703. The second-order valence-corrected chi connectivity index (χ2v) is 7.56. The molecule has 30 heavy (non-hydrogen) atoms. The van der Waals surface area contributed by atoms with Crippen molar-refractivity contribution in [3.63, 3.8) is 0 Å². The molecule has 154 valence electrons. The number of fused-ring (bicyclic) bond motifs is 1. The number of nitrogens with two attached hydrogens (primary N) is 1. The van der Waals surface area contributed by atoms with Gasteiger partial charge in [0.1, 0.15) is 24.0 Å². The molecule has 2 heterocycles. The maximum atomic E-state index is 14.2. The van der Waals surface area contributed by atoms with E-state index in [1.54, 1.807) is 18.2 Å². The molecule has 1 aromatic heterocycles. The molecule has 2 N–H and O–H groups in total. The van der Waals surface area contributed by atoms with E-state index in [9.17, 15) is 9.18 Å². The van der Waals surface area contributed by atoms with Crippen LogP contribution >= 0.6 is 11.6 Å². The Hall–Kier alpha value is -3.18. The van der Waals surface area contributed by atoms with Gasteiger partial charge in [0.25, 0.3) is 6.02 Å². The molecular weight excluding hydrogens is 411 g/mol. The normalized spacial score (nSPS) is 24.1. The first-order valence-corrected chi connectivity index (χ1v) is 9.63. The number of hydrogen-bond donors (Lipinski definition) is 1. The van der Waals surface area contributed by atoms with Crippen LogP contribution in [0.2, 0.25) is 5.02 Å². The molecule has 2 aliphatic rings. The van der Waals surface area contributed by atoms with E-state index in [4.69, 9.17) is 33.2 Å². The van der Waals surface area contributed by atoms with E-state index in [1.165, 1.54) is 12.4 Å². The van der Waals surface area contributed by atoms with Crippen LogP contribution in [-0.4, -0.2) is 41.2 Å². The first-order chi connectivity index (χ1) is 14.5. The van der Waals surface area contributed by atoms with Crippen LogP contribution in [0.25, 0.3) is 0 Å². The number of nitrogens with zero attached hydrogens (tertiary/aromatic N) is 3. The smallest absolute Gasteiger partial charge is 0.283 e. The molecular formula is C21H18ClFN4O3. The van der Waals surface area contributed by atoms with Gasteiger partial charge in [-0.15, -0.1) is 6.42 Å². The van der Waals surface area contributed by atoms with Gasteiger partial charge in [-0.05, 0) is 18.1 Å². The quantitative estimate of drug-likeness (QED) is 0.537. The fraction of sp³-hybridized carbons (Fsp3) is 0.333. The van der Waals surface area contributed by atoms with E-state index < -0.39 is 12.2 Å². The Morgan fingerprint density at radius 3 is 2.97 bits per heavy atom. The van der Waals surface area contributed by atoms with Crippen LogP contribution in [-0.2, 0) is 16.7 Å². The van der Waals surface area contributed by atoms with Crippen molar-refractivity contribution in [3.05, 3.63) is 52.4 Å². The second-order valence-electron chi connectivity index (χ2n) is 7.15. The molecule has 1 fully saturated rings. The van der Waals surface area contributed by atoms with Gasteiger partial charge in [-0.1, -0.05) is 29.7 Å². The van der Waals surface area contributed by atoms with Gasteiger partial charge in [0.2, 0.25) is 5.88 Å². The highest BCUT2D eigenvalue weighted by Gasteiger charge is 2.59. The minimum absolute atomic E-state index is 0.0373. The van der Waals surface area contributed by atoms with Gasteiger partial charge < -0.3 is 15.2 Å². The Kier molecular flexibility index (Phi) is 5.31. The topological polar surface area (TPSA) is 99.7 Å².